The van der Waals surface area contributed by atoms with E-state index in [4.69, 9.17) is 9.47 Å². The van der Waals surface area contributed by atoms with Crippen LogP contribution in [0.2, 0.25) is 0 Å². The van der Waals surface area contributed by atoms with E-state index in [0.29, 0.717) is 6.42 Å². The molecular formula is C14H16BrNO4. The lowest BCUT2D eigenvalue weighted by molar-refractivity contribution is -0.146. The number of allylic oxidation sites excluding steroid dienone is 1. The Kier molecular flexibility index (Phi) is 6.93. The molecule has 0 fully saturated rings. The van der Waals surface area contributed by atoms with Crippen LogP contribution >= 0.6 is 15.9 Å². The first-order valence-electron chi connectivity index (χ1n) is 6.23. The molecule has 0 aliphatic carbocycles. The van der Waals surface area contributed by atoms with Gasteiger partial charge in [0.15, 0.2) is 0 Å². The molecule has 0 saturated heterocycles. The van der Waals surface area contributed by atoms with Gasteiger partial charge in [-0.25, -0.2) is 9.59 Å². The number of hydrogen-bond acceptors (Lipinski definition) is 5. The van der Waals surface area contributed by atoms with Crippen molar-refractivity contribution in [3.05, 3.63) is 40.1 Å². The highest BCUT2D eigenvalue weighted by molar-refractivity contribution is 9.10. The van der Waals surface area contributed by atoms with Crippen molar-refractivity contribution < 1.29 is 19.1 Å². The molecule has 0 aromatic carbocycles. The minimum absolute atomic E-state index is 0.0987. The lowest BCUT2D eigenvalue weighted by atomic mass is 10.2. The number of carbonyl (C=O) groups excluding carboxylic acids is 2. The Balaban J connectivity index is 2.86. The molecule has 0 radical (unpaired) electrons. The predicted octanol–water partition coefficient (Wildman–Crippen LogP) is 2.44. The van der Waals surface area contributed by atoms with Gasteiger partial charge in [-0.15, -0.1) is 0 Å². The molecule has 1 aromatic heterocycles. The summed E-state index contributed by atoms with van der Waals surface area (Å²) in [7, 11) is 0. The topological polar surface area (TPSA) is 65.5 Å². The average molecular weight is 342 g/mol. The number of halogens is 1. The maximum Gasteiger partial charge on any atom is 0.345 e. The van der Waals surface area contributed by atoms with E-state index in [1.165, 1.54) is 6.08 Å². The van der Waals surface area contributed by atoms with Gasteiger partial charge in [-0.1, -0.05) is 6.08 Å². The Hall–Kier alpha value is -1.69. The second kappa shape index (κ2) is 8.47. The molecule has 0 atom stereocenters. The highest BCUT2D eigenvalue weighted by Gasteiger charge is 2.20. The Morgan fingerprint density at radius 1 is 1.20 bits per heavy atom. The Bertz CT molecular complexity index is 476. The summed E-state index contributed by atoms with van der Waals surface area (Å²) in [4.78, 5) is 27.6. The molecule has 0 bridgehead atoms. The zero-order valence-electron chi connectivity index (χ0n) is 11.4. The van der Waals surface area contributed by atoms with Gasteiger partial charge in [-0.2, -0.15) is 0 Å². The third kappa shape index (κ3) is 5.13. The molecule has 1 rings (SSSR count). The van der Waals surface area contributed by atoms with Crippen molar-refractivity contribution in [1.82, 2.24) is 4.98 Å². The molecule has 0 amide bonds. The van der Waals surface area contributed by atoms with E-state index in [1.807, 2.05) is 6.07 Å². The number of nitrogens with zero attached hydrogens (tertiary/aromatic N) is 1. The van der Waals surface area contributed by atoms with Gasteiger partial charge in [0.25, 0.3) is 0 Å². The molecule has 5 nitrogen and oxygen atoms in total. The molecule has 0 spiro atoms. The summed E-state index contributed by atoms with van der Waals surface area (Å²) in [6.07, 6.45) is 3.48. The second-order valence-electron chi connectivity index (χ2n) is 3.73. The first-order chi connectivity index (χ1) is 9.58. The van der Waals surface area contributed by atoms with Gasteiger partial charge >= 0.3 is 11.9 Å². The van der Waals surface area contributed by atoms with Crippen molar-refractivity contribution >= 4 is 27.9 Å². The summed E-state index contributed by atoms with van der Waals surface area (Å²) in [6, 6.07) is 3.64. The fourth-order valence-corrected chi connectivity index (χ4v) is 1.64. The molecule has 1 aromatic rings. The maximum absolute atomic E-state index is 11.7. The number of rotatable bonds is 6. The summed E-state index contributed by atoms with van der Waals surface area (Å²) < 4.78 is 10.5. The van der Waals surface area contributed by atoms with Crippen molar-refractivity contribution in [2.75, 3.05) is 13.2 Å². The van der Waals surface area contributed by atoms with Gasteiger partial charge in [-0.05, 0) is 41.9 Å². The molecule has 0 saturated carbocycles. The highest BCUT2D eigenvalue weighted by atomic mass is 79.9. The smallest absolute Gasteiger partial charge is 0.345 e. The first kappa shape index (κ1) is 16.4. The summed E-state index contributed by atoms with van der Waals surface area (Å²) in [6.45, 7) is 3.76. The molecule has 20 heavy (non-hydrogen) atoms. The third-order valence-electron chi connectivity index (χ3n) is 2.29. The minimum Gasteiger partial charge on any atom is -0.462 e. The first-order valence-corrected chi connectivity index (χ1v) is 7.02. The fourth-order valence-electron chi connectivity index (χ4n) is 1.40. The van der Waals surface area contributed by atoms with Crippen molar-refractivity contribution in [3.8, 4) is 0 Å². The van der Waals surface area contributed by atoms with Crippen molar-refractivity contribution in [1.29, 1.82) is 0 Å². The zero-order chi connectivity index (χ0) is 15.0. The van der Waals surface area contributed by atoms with Crippen LogP contribution in [0.1, 0.15) is 19.5 Å². The quantitative estimate of drug-likeness (QED) is 0.344. The summed E-state index contributed by atoms with van der Waals surface area (Å²) in [5, 5.41) is 0. The number of hydrogen-bond donors (Lipinski definition) is 0. The van der Waals surface area contributed by atoms with Crippen LogP contribution < -0.4 is 0 Å². The van der Waals surface area contributed by atoms with Gasteiger partial charge in [0.05, 0.1) is 13.2 Å². The molecular weight excluding hydrogens is 326 g/mol. The minimum atomic E-state index is -0.678. The van der Waals surface area contributed by atoms with Gasteiger partial charge in [0.2, 0.25) is 0 Å². The van der Waals surface area contributed by atoms with Crippen LogP contribution in [0.5, 0.6) is 0 Å². The van der Waals surface area contributed by atoms with E-state index in [0.717, 1.165) is 10.2 Å². The van der Waals surface area contributed by atoms with Crippen LogP contribution in [0, 0.1) is 0 Å². The molecule has 108 valence electrons. The molecule has 1 heterocycles. The normalized spacial score (nSPS) is 9.75. The van der Waals surface area contributed by atoms with E-state index in [9.17, 15) is 9.59 Å². The molecule has 0 aliphatic rings. The number of ether oxygens (including phenoxy) is 2. The number of esters is 2. The van der Waals surface area contributed by atoms with Crippen LogP contribution in [0.4, 0.5) is 0 Å². The van der Waals surface area contributed by atoms with Crippen molar-refractivity contribution in [3.63, 3.8) is 0 Å². The third-order valence-corrected chi connectivity index (χ3v) is 2.76. The fraction of sp³-hybridized carbons (Fsp3) is 0.357. The number of pyridine rings is 1. The number of carbonyl (C=O) groups is 2. The van der Waals surface area contributed by atoms with E-state index < -0.39 is 11.9 Å². The zero-order valence-corrected chi connectivity index (χ0v) is 13.0. The van der Waals surface area contributed by atoms with Crippen LogP contribution in [0.25, 0.3) is 0 Å². The average Bonchev–Trinajstić information content (AvgIpc) is 2.42. The summed E-state index contributed by atoms with van der Waals surface area (Å²) >= 11 is 3.29. The van der Waals surface area contributed by atoms with Crippen LogP contribution in [0.15, 0.2) is 34.5 Å². The monoisotopic (exact) mass is 341 g/mol. The standard InChI is InChI=1S/C14H16BrNO4/c1-3-19-13(17)12(14(18)20-4-2)8-7-11-6-5-10(15)9-16-11/h5-6,8-9H,3-4,7H2,1-2H3. The van der Waals surface area contributed by atoms with Gasteiger partial charge in [0, 0.05) is 22.8 Å². The van der Waals surface area contributed by atoms with Gasteiger partial charge in [0.1, 0.15) is 5.57 Å². The summed E-state index contributed by atoms with van der Waals surface area (Å²) in [5.74, 6) is -1.36. The second-order valence-corrected chi connectivity index (χ2v) is 4.65. The number of aromatic nitrogens is 1. The van der Waals surface area contributed by atoms with Crippen LogP contribution in [-0.4, -0.2) is 30.1 Å². The summed E-state index contributed by atoms with van der Waals surface area (Å²) in [5.41, 5.74) is 0.637. The van der Waals surface area contributed by atoms with Crippen molar-refractivity contribution in [2.24, 2.45) is 0 Å². The maximum atomic E-state index is 11.7. The van der Waals surface area contributed by atoms with E-state index in [1.54, 1.807) is 26.1 Å². The lowest BCUT2D eigenvalue weighted by Gasteiger charge is -2.06. The Labute approximate surface area is 126 Å². The lowest BCUT2D eigenvalue weighted by Crippen LogP contribution is -2.18. The molecule has 0 aliphatic heterocycles. The molecule has 6 heteroatoms. The molecule has 0 unspecified atom stereocenters. The molecule has 0 N–H and O–H groups in total. The Morgan fingerprint density at radius 3 is 2.25 bits per heavy atom. The largest absolute Gasteiger partial charge is 0.462 e. The predicted molar refractivity (Wildman–Crippen MR) is 77.0 cm³/mol. The van der Waals surface area contributed by atoms with E-state index in [-0.39, 0.29) is 18.8 Å². The SMILES string of the molecule is CCOC(=O)C(=CCc1ccc(Br)cn1)C(=O)OCC. The van der Waals surface area contributed by atoms with Crippen LogP contribution in [0.3, 0.4) is 0 Å². The van der Waals surface area contributed by atoms with E-state index >= 15 is 0 Å². The van der Waals surface area contributed by atoms with Crippen LogP contribution in [-0.2, 0) is 25.5 Å². The van der Waals surface area contributed by atoms with Crippen molar-refractivity contribution in [2.45, 2.75) is 20.3 Å². The van der Waals surface area contributed by atoms with Gasteiger partial charge < -0.3 is 9.47 Å². The Morgan fingerprint density at radius 2 is 1.80 bits per heavy atom. The van der Waals surface area contributed by atoms with E-state index in [2.05, 4.69) is 20.9 Å². The van der Waals surface area contributed by atoms with Gasteiger partial charge in [-0.3, -0.25) is 4.98 Å². The highest BCUT2D eigenvalue weighted by Crippen LogP contribution is 2.10.